The summed E-state index contributed by atoms with van der Waals surface area (Å²) >= 11 is 0. The second-order valence-electron chi connectivity index (χ2n) is 2.28. The van der Waals surface area contributed by atoms with Gasteiger partial charge in [-0.05, 0) is 6.54 Å². The van der Waals surface area contributed by atoms with Gasteiger partial charge in [0.05, 0.1) is 0 Å². The first-order valence-corrected chi connectivity index (χ1v) is 4.43. The Balaban J connectivity index is -0.000000119. The van der Waals surface area contributed by atoms with Gasteiger partial charge in [-0.2, -0.15) is 6.42 Å². The van der Waals surface area contributed by atoms with Crippen LogP contribution in [-0.4, -0.2) is 24.5 Å². The molecule has 0 amide bonds. The fraction of sp³-hybridized carbons (Fsp3) is 0.750. The van der Waals surface area contributed by atoms with E-state index in [4.69, 9.17) is 4.79 Å². The van der Waals surface area contributed by atoms with E-state index in [0.29, 0.717) is 0 Å². The van der Waals surface area contributed by atoms with Crippen LogP contribution in [-0.2, 0) is 23.4 Å². The standard InChI is InChI=1S/C4H9NP.C3H8.CH2O.V/c6-5-3-1-2-4-5;1-3-2;1-2;/h1H,2-4,6H2;3H2,1-2H3;1H2;/q-1;;;. The van der Waals surface area contributed by atoms with Crippen molar-refractivity contribution in [1.29, 1.82) is 0 Å². The predicted octanol–water partition coefficient (Wildman–Crippen LogP) is 1.92. The van der Waals surface area contributed by atoms with Crippen LogP contribution in [0, 0.1) is 6.42 Å². The topological polar surface area (TPSA) is 20.3 Å². The van der Waals surface area contributed by atoms with Crippen molar-refractivity contribution in [2.75, 3.05) is 13.1 Å². The average molecular weight is 227 g/mol. The van der Waals surface area contributed by atoms with Crippen LogP contribution in [0.3, 0.4) is 0 Å². The minimum Gasteiger partial charge on any atom is -0.319 e. The Bertz CT molecular complexity index is 70.1. The third-order valence-electron chi connectivity index (χ3n) is 0.984. The Kier molecular flexibility index (Phi) is 27.1. The Morgan fingerprint density at radius 1 is 1.50 bits per heavy atom. The minimum atomic E-state index is 0. The van der Waals surface area contributed by atoms with E-state index < -0.39 is 0 Å². The van der Waals surface area contributed by atoms with Gasteiger partial charge >= 0.3 is 0 Å². The van der Waals surface area contributed by atoms with Crippen LogP contribution in [0.4, 0.5) is 0 Å². The largest absolute Gasteiger partial charge is 0.319 e. The van der Waals surface area contributed by atoms with E-state index in [-0.39, 0.29) is 18.6 Å². The van der Waals surface area contributed by atoms with E-state index in [1.54, 1.807) is 0 Å². The summed E-state index contributed by atoms with van der Waals surface area (Å²) in [5.41, 5.74) is 0. The van der Waals surface area contributed by atoms with Crippen molar-refractivity contribution in [3.05, 3.63) is 6.42 Å². The molecule has 1 aliphatic rings. The van der Waals surface area contributed by atoms with Crippen molar-refractivity contribution in [2.45, 2.75) is 26.7 Å². The molecule has 0 aromatic carbocycles. The van der Waals surface area contributed by atoms with Crippen LogP contribution in [0.5, 0.6) is 0 Å². The molecule has 0 spiro atoms. The van der Waals surface area contributed by atoms with E-state index in [9.17, 15) is 0 Å². The van der Waals surface area contributed by atoms with Gasteiger partial charge < -0.3 is 15.9 Å². The van der Waals surface area contributed by atoms with Gasteiger partial charge in [0.1, 0.15) is 6.79 Å². The first kappa shape index (κ1) is 18.4. The van der Waals surface area contributed by atoms with Crippen LogP contribution in [0.15, 0.2) is 0 Å². The normalized spacial score (nSPS) is 14.6. The van der Waals surface area contributed by atoms with Gasteiger partial charge in [-0.1, -0.05) is 29.7 Å². The van der Waals surface area contributed by atoms with Gasteiger partial charge in [0.25, 0.3) is 0 Å². The van der Waals surface area contributed by atoms with Gasteiger partial charge in [0.15, 0.2) is 0 Å². The van der Waals surface area contributed by atoms with Crippen molar-refractivity contribution in [3.63, 3.8) is 0 Å². The molecule has 0 aromatic heterocycles. The molecule has 1 heterocycles. The molecule has 0 aromatic rings. The summed E-state index contributed by atoms with van der Waals surface area (Å²) in [6.45, 7) is 8.63. The summed E-state index contributed by atoms with van der Waals surface area (Å²) in [6, 6.07) is 0. The number of rotatable bonds is 0. The third kappa shape index (κ3) is 16.9. The molecule has 1 fully saturated rings. The predicted molar refractivity (Wildman–Crippen MR) is 53.3 cm³/mol. The molecule has 73 valence electrons. The van der Waals surface area contributed by atoms with Gasteiger partial charge in [-0.25, -0.2) is 0 Å². The summed E-state index contributed by atoms with van der Waals surface area (Å²) in [6.07, 6.45) is 4.80. The number of carbonyl (C=O) groups is 1. The maximum atomic E-state index is 8.00. The number of carbonyl (C=O) groups excluding carboxylic acids is 1. The van der Waals surface area contributed by atoms with Crippen molar-refractivity contribution >= 4 is 16.2 Å². The molecule has 12 heavy (non-hydrogen) atoms. The van der Waals surface area contributed by atoms with E-state index in [2.05, 4.69) is 34.3 Å². The van der Waals surface area contributed by atoms with Gasteiger partial charge in [-0.15, -0.1) is 6.54 Å². The SMILES string of the molecule is C=O.CCC.PN1C[CH-]CC1.[V]. The smallest absolute Gasteiger partial charge is 0.106 e. The molecule has 1 atom stereocenters. The molecular formula is C8H19NOPV-. The minimum absolute atomic E-state index is 0. The Morgan fingerprint density at radius 3 is 2.00 bits per heavy atom. The number of hydrogen-bond donors (Lipinski definition) is 0. The fourth-order valence-corrected chi connectivity index (χ4v) is 0.904. The number of hydrogen-bond acceptors (Lipinski definition) is 2. The van der Waals surface area contributed by atoms with Crippen molar-refractivity contribution in [3.8, 4) is 0 Å². The molecular weight excluding hydrogens is 208 g/mol. The molecule has 4 heteroatoms. The second kappa shape index (κ2) is 17.7. The molecule has 0 N–H and O–H groups in total. The van der Waals surface area contributed by atoms with Crippen LogP contribution in [0.1, 0.15) is 26.7 Å². The Labute approximate surface area is 90.6 Å². The number of nitrogens with zero attached hydrogens (tertiary/aromatic N) is 1. The molecule has 1 radical (unpaired) electrons. The van der Waals surface area contributed by atoms with E-state index in [1.807, 2.05) is 6.79 Å². The quantitative estimate of drug-likeness (QED) is 0.465. The van der Waals surface area contributed by atoms with Crippen molar-refractivity contribution < 1.29 is 23.4 Å². The zero-order chi connectivity index (χ0) is 9.11. The molecule has 0 bridgehead atoms. The second-order valence-corrected chi connectivity index (χ2v) is 3.01. The molecule has 1 unspecified atom stereocenters. The van der Waals surface area contributed by atoms with E-state index in [1.165, 1.54) is 19.4 Å². The summed E-state index contributed by atoms with van der Waals surface area (Å²) < 4.78 is 2.22. The van der Waals surface area contributed by atoms with Crippen LogP contribution < -0.4 is 0 Å². The summed E-state index contributed by atoms with van der Waals surface area (Å²) in [4.78, 5) is 8.00. The Morgan fingerprint density at radius 2 is 1.92 bits per heavy atom. The summed E-state index contributed by atoms with van der Waals surface area (Å²) in [5, 5.41) is 0. The summed E-state index contributed by atoms with van der Waals surface area (Å²) in [7, 11) is 2.67. The fourth-order valence-electron chi connectivity index (χ4n) is 0.606. The molecule has 0 saturated carbocycles. The first-order valence-electron chi connectivity index (χ1n) is 3.91. The first-order chi connectivity index (χ1) is 5.31. The van der Waals surface area contributed by atoms with E-state index >= 15 is 0 Å². The third-order valence-corrected chi connectivity index (χ3v) is 1.45. The van der Waals surface area contributed by atoms with Crippen LogP contribution >= 0.6 is 9.39 Å². The maximum absolute atomic E-state index is 8.00. The molecule has 2 nitrogen and oxygen atoms in total. The zero-order valence-electron chi connectivity index (χ0n) is 7.99. The monoisotopic (exact) mass is 227 g/mol. The van der Waals surface area contributed by atoms with Crippen LogP contribution in [0.2, 0.25) is 0 Å². The molecule has 0 aliphatic carbocycles. The Hall–Kier alpha value is 0.644. The molecule has 1 rings (SSSR count). The zero-order valence-corrected chi connectivity index (χ0v) is 10.5. The molecule has 1 saturated heterocycles. The van der Waals surface area contributed by atoms with Crippen molar-refractivity contribution in [2.24, 2.45) is 0 Å². The van der Waals surface area contributed by atoms with Gasteiger partial charge in [0.2, 0.25) is 0 Å². The van der Waals surface area contributed by atoms with Crippen molar-refractivity contribution in [1.82, 2.24) is 4.67 Å². The van der Waals surface area contributed by atoms with E-state index in [0.717, 1.165) is 6.54 Å². The maximum Gasteiger partial charge on any atom is 0.106 e. The average Bonchev–Trinajstić information content (AvgIpc) is 2.46. The van der Waals surface area contributed by atoms with Gasteiger partial charge in [-0.3, -0.25) is 0 Å². The summed E-state index contributed by atoms with van der Waals surface area (Å²) in [5.74, 6) is 0. The molecule has 1 aliphatic heterocycles. The van der Waals surface area contributed by atoms with Crippen LogP contribution in [0.25, 0.3) is 0 Å². The van der Waals surface area contributed by atoms with Gasteiger partial charge in [0, 0.05) is 18.6 Å².